The monoisotopic (exact) mass is 371 g/mol. The molecule has 1 aromatic carbocycles. The van der Waals surface area contributed by atoms with E-state index in [2.05, 4.69) is 5.10 Å². The van der Waals surface area contributed by atoms with E-state index in [1.165, 1.54) is 18.3 Å². The Morgan fingerprint density at radius 3 is 2.85 bits per heavy atom. The smallest absolute Gasteiger partial charge is 0.410 e. The van der Waals surface area contributed by atoms with Crippen molar-refractivity contribution in [2.24, 2.45) is 0 Å². The lowest BCUT2D eigenvalue weighted by Crippen LogP contribution is -2.35. The van der Waals surface area contributed by atoms with E-state index in [9.17, 15) is 14.4 Å². The molecule has 1 amide bonds. The number of halogens is 1. The van der Waals surface area contributed by atoms with Crippen molar-refractivity contribution in [3.05, 3.63) is 35.9 Å². The first-order valence-electron chi connectivity index (χ1n) is 8.69. The van der Waals surface area contributed by atoms with Crippen LogP contribution in [0.1, 0.15) is 38.8 Å². The van der Waals surface area contributed by atoms with Crippen molar-refractivity contribution in [1.29, 1.82) is 5.26 Å². The van der Waals surface area contributed by atoms with Gasteiger partial charge in [0.1, 0.15) is 11.4 Å². The van der Waals surface area contributed by atoms with Crippen LogP contribution in [0, 0.1) is 17.1 Å². The maximum atomic E-state index is 14.4. The minimum Gasteiger partial charge on any atom is -0.444 e. The molecule has 8 heteroatoms. The SMILES string of the molecule is CC(C)(C)OC(=O)N1CCC(n2cc(-c3c(F)cc(N)cc3C#N)cn2)C1. The Hall–Kier alpha value is -3.08. The Morgan fingerprint density at radius 2 is 2.19 bits per heavy atom. The highest BCUT2D eigenvalue weighted by atomic mass is 19.1. The first-order valence-corrected chi connectivity index (χ1v) is 8.69. The van der Waals surface area contributed by atoms with Gasteiger partial charge in [-0.05, 0) is 39.3 Å². The van der Waals surface area contributed by atoms with Crippen molar-refractivity contribution in [3.8, 4) is 17.2 Å². The van der Waals surface area contributed by atoms with Crippen LogP contribution in [-0.4, -0.2) is 39.5 Å². The van der Waals surface area contributed by atoms with Gasteiger partial charge in [-0.3, -0.25) is 4.68 Å². The zero-order valence-corrected chi connectivity index (χ0v) is 15.6. The lowest BCUT2D eigenvalue weighted by molar-refractivity contribution is 0.0288. The summed E-state index contributed by atoms with van der Waals surface area (Å²) in [7, 11) is 0. The maximum absolute atomic E-state index is 14.4. The first-order chi connectivity index (χ1) is 12.7. The third-order valence-corrected chi connectivity index (χ3v) is 4.31. The van der Waals surface area contributed by atoms with Gasteiger partial charge in [0.05, 0.1) is 23.9 Å². The summed E-state index contributed by atoms with van der Waals surface area (Å²) in [6.07, 6.45) is 3.58. The van der Waals surface area contributed by atoms with Crippen molar-refractivity contribution in [1.82, 2.24) is 14.7 Å². The highest BCUT2D eigenvalue weighted by Crippen LogP contribution is 2.30. The molecule has 2 N–H and O–H groups in total. The Balaban J connectivity index is 1.78. The maximum Gasteiger partial charge on any atom is 0.410 e. The molecule has 2 heterocycles. The number of anilines is 1. The molecular weight excluding hydrogens is 349 g/mol. The van der Waals surface area contributed by atoms with E-state index in [4.69, 9.17) is 10.5 Å². The molecule has 2 aromatic rings. The number of aromatic nitrogens is 2. The van der Waals surface area contributed by atoms with Crippen LogP contribution < -0.4 is 5.73 Å². The van der Waals surface area contributed by atoms with E-state index in [0.29, 0.717) is 18.7 Å². The lowest BCUT2D eigenvalue weighted by atomic mass is 10.0. The van der Waals surface area contributed by atoms with E-state index in [0.717, 1.165) is 6.42 Å². The minimum atomic E-state index is -0.562. The van der Waals surface area contributed by atoms with Crippen molar-refractivity contribution >= 4 is 11.8 Å². The van der Waals surface area contributed by atoms with Crippen LogP contribution in [0.5, 0.6) is 0 Å². The summed E-state index contributed by atoms with van der Waals surface area (Å²) < 4.78 is 21.5. The van der Waals surface area contributed by atoms with E-state index in [1.54, 1.807) is 15.8 Å². The molecule has 1 saturated heterocycles. The quantitative estimate of drug-likeness (QED) is 0.817. The number of nitrogen functional groups attached to an aromatic ring is 1. The number of rotatable bonds is 2. The Kier molecular flexibility index (Phi) is 4.79. The van der Waals surface area contributed by atoms with Gasteiger partial charge in [-0.2, -0.15) is 10.4 Å². The molecular formula is C19H22FN5O2. The molecule has 1 aliphatic heterocycles. The Labute approximate surface area is 157 Å². The van der Waals surface area contributed by atoms with Crippen molar-refractivity contribution in [3.63, 3.8) is 0 Å². The number of benzene rings is 1. The molecule has 1 unspecified atom stereocenters. The molecule has 0 spiro atoms. The van der Waals surface area contributed by atoms with Gasteiger partial charge >= 0.3 is 6.09 Å². The molecule has 1 aliphatic rings. The van der Waals surface area contributed by atoms with Gasteiger partial charge in [0.25, 0.3) is 0 Å². The van der Waals surface area contributed by atoms with Gasteiger partial charge < -0.3 is 15.4 Å². The summed E-state index contributed by atoms with van der Waals surface area (Å²) in [4.78, 5) is 13.8. The van der Waals surface area contributed by atoms with Crippen molar-refractivity contribution in [2.45, 2.75) is 38.8 Å². The summed E-state index contributed by atoms with van der Waals surface area (Å²) in [5.74, 6) is -0.562. The summed E-state index contributed by atoms with van der Waals surface area (Å²) >= 11 is 0. The number of nitrogens with two attached hydrogens (primary N) is 1. The van der Waals surface area contributed by atoms with Crippen LogP contribution in [0.25, 0.3) is 11.1 Å². The third-order valence-electron chi connectivity index (χ3n) is 4.31. The largest absolute Gasteiger partial charge is 0.444 e. The predicted octanol–water partition coefficient (Wildman–Crippen LogP) is 3.32. The fourth-order valence-electron chi connectivity index (χ4n) is 3.13. The van der Waals surface area contributed by atoms with Crippen LogP contribution in [0.15, 0.2) is 24.5 Å². The zero-order valence-electron chi connectivity index (χ0n) is 15.6. The van der Waals surface area contributed by atoms with Gasteiger partial charge in [0.15, 0.2) is 0 Å². The number of amides is 1. The number of likely N-dealkylation sites (tertiary alicyclic amines) is 1. The second kappa shape index (κ2) is 6.91. The second-order valence-corrected chi connectivity index (χ2v) is 7.61. The molecule has 0 saturated carbocycles. The van der Waals surface area contributed by atoms with Crippen LogP contribution in [0.3, 0.4) is 0 Å². The van der Waals surface area contributed by atoms with Crippen LogP contribution in [0.4, 0.5) is 14.9 Å². The third kappa shape index (κ3) is 4.03. The van der Waals surface area contributed by atoms with E-state index < -0.39 is 11.4 Å². The number of carbonyl (C=O) groups is 1. The summed E-state index contributed by atoms with van der Waals surface area (Å²) in [5, 5.41) is 13.6. The molecule has 1 aromatic heterocycles. The standard InChI is InChI=1S/C19H22FN5O2/c1-19(2,3)27-18(26)24-5-4-15(11-24)25-10-13(9-23-25)17-12(8-21)6-14(22)7-16(17)20/h6-7,9-10,15H,4-5,11,22H2,1-3H3. The lowest BCUT2D eigenvalue weighted by Gasteiger charge is -2.24. The normalized spacial score (nSPS) is 17.0. The zero-order chi connectivity index (χ0) is 19.8. The molecule has 142 valence electrons. The number of carbonyl (C=O) groups excluding carboxylic acids is 1. The number of hydrogen-bond donors (Lipinski definition) is 1. The van der Waals surface area contributed by atoms with E-state index in [-0.39, 0.29) is 28.9 Å². The molecule has 7 nitrogen and oxygen atoms in total. The van der Waals surface area contributed by atoms with Gasteiger partial charge in [-0.1, -0.05) is 0 Å². The molecule has 3 rings (SSSR count). The van der Waals surface area contributed by atoms with Crippen LogP contribution in [-0.2, 0) is 4.74 Å². The molecule has 0 aliphatic carbocycles. The van der Waals surface area contributed by atoms with Crippen LogP contribution in [0.2, 0.25) is 0 Å². The highest BCUT2D eigenvalue weighted by Gasteiger charge is 2.31. The highest BCUT2D eigenvalue weighted by molar-refractivity contribution is 5.73. The molecule has 1 fully saturated rings. The van der Waals surface area contributed by atoms with Crippen molar-refractivity contribution in [2.75, 3.05) is 18.8 Å². The number of nitriles is 1. The fourth-order valence-corrected chi connectivity index (χ4v) is 3.13. The molecule has 0 radical (unpaired) electrons. The predicted molar refractivity (Wildman–Crippen MR) is 98.2 cm³/mol. The second-order valence-electron chi connectivity index (χ2n) is 7.61. The average molecular weight is 371 g/mol. The van der Waals surface area contributed by atoms with E-state index >= 15 is 0 Å². The Morgan fingerprint density at radius 1 is 1.44 bits per heavy atom. The average Bonchev–Trinajstić information content (AvgIpc) is 3.21. The summed E-state index contributed by atoms with van der Waals surface area (Å²) in [6, 6.07) is 4.57. The molecule has 27 heavy (non-hydrogen) atoms. The fraction of sp³-hybridized carbons (Fsp3) is 0.421. The minimum absolute atomic E-state index is 0.0337. The molecule has 1 atom stereocenters. The van der Waals surface area contributed by atoms with Gasteiger partial charge in [-0.15, -0.1) is 0 Å². The summed E-state index contributed by atoms with van der Waals surface area (Å²) in [6.45, 7) is 6.50. The number of ether oxygens (including phenoxy) is 1. The van der Waals surface area contributed by atoms with E-state index in [1.807, 2.05) is 26.8 Å². The Bertz CT molecular complexity index is 910. The molecule has 0 bridgehead atoms. The van der Waals surface area contributed by atoms with Crippen LogP contribution >= 0.6 is 0 Å². The van der Waals surface area contributed by atoms with Gasteiger partial charge in [0, 0.05) is 36.1 Å². The number of hydrogen-bond acceptors (Lipinski definition) is 5. The number of nitrogens with zero attached hydrogens (tertiary/aromatic N) is 4. The van der Waals surface area contributed by atoms with Gasteiger partial charge in [0.2, 0.25) is 0 Å². The topological polar surface area (TPSA) is 97.2 Å². The van der Waals surface area contributed by atoms with Crippen molar-refractivity contribution < 1.29 is 13.9 Å². The summed E-state index contributed by atoms with van der Waals surface area (Å²) in [5.41, 5.74) is 6.10. The van der Waals surface area contributed by atoms with Gasteiger partial charge in [-0.25, -0.2) is 9.18 Å². The first kappa shape index (κ1) is 18.7.